The molecule has 80 valence electrons. The van der Waals surface area contributed by atoms with Crippen LogP contribution >= 0.6 is 0 Å². The number of Topliss-reactive ketones (excluding diaryl/α,β-unsaturated/α-hetero) is 1. The van der Waals surface area contributed by atoms with Crippen molar-refractivity contribution in [3.8, 4) is 0 Å². The van der Waals surface area contributed by atoms with Crippen molar-refractivity contribution in [2.24, 2.45) is 0 Å². The van der Waals surface area contributed by atoms with Crippen LogP contribution < -0.4 is 0 Å². The molecule has 0 spiro atoms. The summed E-state index contributed by atoms with van der Waals surface area (Å²) in [6.45, 7) is 3.42. The molecule has 14 heavy (non-hydrogen) atoms. The summed E-state index contributed by atoms with van der Waals surface area (Å²) in [5.74, 6) is 0.510. The van der Waals surface area contributed by atoms with Crippen LogP contribution in [0, 0.1) is 0 Å². The molecule has 0 N–H and O–H groups in total. The third kappa shape index (κ3) is 2.00. The molecule has 2 heteroatoms. The molecule has 1 saturated carbocycles. The number of hydrogen-bond donors (Lipinski definition) is 0. The lowest BCUT2D eigenvalue weighted by atomic mass is 10.1. The normalized spacial score (nSPS) is 35.9. The first-order valence-corrected chi connectivity index (χ1v) is 6.07. The molecular weight excluding hydrogens is 174 g/mol. The van der Waals surface area contributed by atoms with Gasteiger partial charge in [0.2, 0.25) is 0 Å². The second kappa shape index (κ2) is 4.43. The maximum atomic E-state index is 11.9. The summed E-state index contributed by atoms with van der Waals surface area (Å²) < 4.78 is 0. The fourth-order valence-corrected chi connectivity index (χ4v) is 2.91. The Kier molecular flexibility index (Phi) is 3.22. The predicted molar refractivity (Wildman–Crippen MR) is 57.3 cm³/mol. The number of hydrogen-bond acceptors (Lipinski definition) is 2. The van der Waals surface area contributed by atoms with Crippen LogP contribution in [0.1, 0.15) is 51.9 Å². The Labute approximate surface area is 86.7 Å². The lowest BCUT2D eigenvalue weighted by Crippen LogP contribution is -2.42. The Balaban J connectivity index is 2.02. The molecule has 2 aliphatic rings. The van der Waals surface area contributed by atoms with Gasteiger partial charge < -0.3 is 0 Å². The first kappa shape index (κ1) is 10.2. The van der Waals surface area contributed by atoms with Crippen LogP contribution in [0.3, 0.4) is 0 Å². The predicted octanol–water partition coefficient (Wildman–Crippen LogP) is 2.37. The second-order valence-electron chi connectivity index (χ2n) is 4.81. The molecule has 1 aliphatic heterocycles. The lowest BCUT2D eigenvalue weighted by molar-refractivity contribution is -0.124. The van der Waals surface area contributed by atoms with Gasteiger partial charge in [0.25, 0.3) is 0 Å². The lowest BCUT2D eigenvalue weighted by Gasteiger charge is -2.29. The van der Waals surface area contributed by atoms with Crippen LogP contribution in [0.15, 0.2) is 0 Å². The van der Waals surface area contributed by atoms with Crippen molar-refractivity contribution >= 4 is 5.78 Å². The highest BCUT2D eigenvalue weighted by molar-refractivity contribution is 5.84. The van der Waals surface area contributed by atoms with Gasteiger partial charge in [-0.3, -0.25) is 9.69 Å². The zero-order chi connectivity index (χ0) is 9.97. The highest BCUT2D eigenvalue weighted by Gasteiger charge is 2.32. The van der Waals surface area contributed by atoms with Crippen LogP contribution in [0.4, 0.5) is 0 Å². The molecule has 0 aromatic heterocycles. The summed E-state index contributed by atoms with van der Waals surface area (Å²) in [4.78, 5) is 14.4. The number of ketones is 1. The van der Waals surface area contributed by atoms with E-state index >= 15 is 0 Å². The topological polar surface area (TPSA) is 20.3 Å². The standard InChI is InChI=1S/C12H21NO/c1-10-6-5-9-13(10)11-7-3-2-4-8-12(11)14/h10-11H,2-9H2,1H3. The van der Waals surface area contributed by atoms with Gasteiger partial charge in [-0.2, -0.15) is 0 Å². The number of carbonyl (C=O) groups excluding carboxylic acids is 1. The SMILES string of the molecule is CC1CCCN1C1CCCCCC1=O. The fourth-order valence-electron chi connectivity index (χ4n) is 2.91. The molecule has 0 aromatic rings. The minimum absolute atomic E-state index is 0.273. The Bertz CT molecular complexity index is 214. The Morgan fingerprint density at radius 2 is 2.00 bits per heavy atom. The van der Waals surface area contributed by atoms with Crippen LogP contribution in [-0.4, -0.2) is 29.3 Å². The second-order valence-corrected chi connectivity index (χ2v) is 4.81. The van der Waals surface area contributed by atoms with E-state index in [-0.39, 0.29) is 6.04 Å². The summed E-state index contributed by atoms with van der Waals surface area (Å²) in [6, 6.07) is 0.914. The summed E-state index contributed by atoms with van der Waals surface area (Å²) in [5.41, 5.74) is 0. The smallest absolute Gasteiger partial charge is 0.149 e. The molecule has 1 saturated heterocycles. The zero-order valence-electron chi connectivity index (χ0n) is 9.17. The quantitative estimate of drug-likeness (QED) is 0.599. The number of likely N-dealkylation sites (tertiary alicyclic amines) is 1. The van der Waals surface area contributed by atoms with Crippen LogP contribution in [-0.2, 0) is 4.79 Å². The maximum Gasteiger partial charge on any atom is 0.149 e. The van der Waals surface area contributed by atoms with Crippen molar-refractivity contribution in [2.45, 2.75) is 64.0 Å². The van der Waals surface area contributed by atoms with E-state index in [0.29, 0.717) is 11.8 Å². The van der Waals surface area contributed by atoms with Gasteiger partial charge in [0.05, 0.1) is 6.04 Å². The van der Waals surface area contributed by atoms with E-state index in [4.69, 9.17) is 0 Å². The molecule has 0 radical (unpaired) electrons. The first-order valence-electron chi connectivity index (χ1n) is 6.07. The van der Waals surface area contributed by atoms with E-state index < -0.39 is 0 Å². The fraction of sp³-hybridized carbons (Fsp3) is 0.917. The number of nitrogens with zero attached hydrogens (tertiary/aromatic N) is 1. The molecule has 0 amide bonds. The molecule has 2 unspecified atom stereocenters. The van der Waals surface area contributed by atoms with Gasteiger partial charge >= 0.3 is 0 Å². The third-order valence-electron chi connectivity index (χ3n) is 3.78. The maximum absolute atomic E-state index is 11.9. The van der Waals surface area contributed by atoms with Gasteiger partial charge in [-0.05, 0) is 39.2 Å². The average Bonchev–Trinajstić information content (AvgIpc) is 2.46. The summed E-state index contributed by atoms with van der Waals surface area (Å²) in [7, 11) is 0. The van der Waals surface area contributed by atoms with Gasteiger partial charge in [-0.25, -0.2) is 0 Å². The van der Waals surface area contributed by atoms with Crippen LogP contribution in [0.2, 0.25) is 0 Å². The third-order valence-corrected chi connectivity index (χ3v) is 3.78. The van der Waals surface area contributed by atoms with Gasteiger partial charge in [-0.1, -0.05) is 12.8 Å². The highest BCUT2D eigenvalue weighted by Crippen LogP contribution is 2.26. The molecule has 2 atom stereocenters. The van der Waals surface area contributed by atoms with Gasteiger partial charge in [0.15, 0.2) is 0 Å². The van der Waals surface area contributed by atoms with Crippen molar-refractivity contribution in [1.29, 1.82) is 0 Å². The molecule has 2 nitrogen and oxygen atoms in total. The number of rotatable bonds is 1. The largest absolute Gasteiger partial charge is 0.298 e. The zero-order valence-corrected chi connectivity index (χ0v) is 9.17. The summed E-state index contributed by atoms with van der Waals surface area (Å²) in [5, 5.41) is 0. The van der Waals surface area contributed by atoms with E-state index in [1.807, 2.05) is 0 Å². The van der Waals surface area contributed by atoms with E-state index in [9.17, 15) is 4.79 Å². The van der Waals surface area contributed by atoms with Gasteiger partial charge in [0.1, 0.15) is 5.78 Å². The minimum atomic E-state index is 0.273. The van der Waals surface area contributed by atoms with E-state index in [1.165, 1.54) is 25.7 Å². The molecule has 2 fully saturated rings. The van der Waals surface area contributed by atoms with Crippen molar-refractivity contribution < 1.29 is 4.79 Å². The monoisotopic (exact) mass is 195 g/mol. The van der Waals surface area contributed by atoms with Crippen molar-refractivity contribution in [2.75, 3.05) is 6.54 Å². The van der Waals surface area contributed by atoms with E-state index in [1.54, 1.807) is 0 Å². The molecule has 0 aromatic carbocycles. The van der Waals surface area contributed by atoms with E-state index in [0.717, 1.165) is 25.8 Å². The van der Waals surface area contributed by atoms with Gasteiger partial charge in [-0.15, -0.1) is 0 Å². The van der Waals surface area contributed by atoms with Crippen LogP contribution in [0.25, 0.3) is 0 Å². The summed E-state index contributed by atoms with van der Waals surface area (Å²) >= 11 is 0. The Morgan fingerprint density at radius 3 is 2.71 bits per heavy atom. The van der Waals surface area contributed by atoms with Crippen molar-refractivity contribution in [3.05, 3.63) is 0 Å². The Hall–Kier alpha value is -0.370. The van der Waals surface area contributed by atoms with Crippen LogP contribution in [0.5, 0.6) is 0 Å². The molecule has 2 rings (SSSR count). The molecular formula is C12H21NO. The van der Waals surface area contributed by atoms with Crippen molar-refractivity contribution in [1.82, 2.24) is 4.90 Å². The van der Waals surface area contributed by atoms with Gasteiger partial charge in [0, 0.05) is 12.5 Å². The first-order chi connectivity index (χ1) is 6.79. The molecule has 0 bridgehead atoms. The highest BCUT2D eigenvalue weighted by atomic mass is 16.1. The Morgan fingerprint density at radius 1 is 1.14 bits per heavy atom. The van der Waals surface area contributed by atoms with E-state index in [2.05, 4.69) is 11.8 Å². The number of carbonyl (C=O) groups is 1. The van der Waals surface area contributed by atoms with Crippen molar-refractivity contribution in [3.63, 3.8) is 0 Å². The average molecular weight is 195 g/mol. The minimum Gasteiger partial charge on any atom is -0.298 e. The summed E-state index contributed by atoms with van der Waals surface area (Å²) in [6.07, 6.45) is 8.13. The molecule has 1 aliphatic carbocycles. The molecule has 1 heterocycles.